The minimum atomic E-state index is 1.15. The van der Waals surface area contributed by atoms with Crippen LogP contribution in [0.15, 0.2) is 23.8 Å². The summed E-state index contributed by atoms with van der Waals surface area (Å²) in [6, 6.07) is 6.69. The summed E-state index contributed by atoms with van der Waals surface area (Å²) in [4.78, 5) is 0. The third kappa shape index (κ3) is 1.53. The van der Waals surface area contributed by atoms with Gasteiger partial charge in [0.25, 0.3) is 0 Å². The lowest BCUT2D eigenvalue weighted by molar-refractivity contribution is 0.918. The normalized spacial score (nSPS) is 15.1. The van der Waals surface area contributed by atoms with Gasteiger partial charge in [-0.1, -0.05) is 36.8 Å². The molecule has 0 heterocycles. The molecule has 68 valence electrons. The average Bonchev–Trinajstić information content (AvgIpc) is 2.17. The summed E-state index contributed by atoms with van der Waals surface area (Å²) in [5.74, 6) is 0. The van der Waals surface area contributed by atoms with Gasteiger partial charge in [0.05, 0.1) is 0 Å². The van der Waals surface area contributed by atoms with Gasteiger partial charge in [-0.3, -0.25) is 0 Å². The molecule has 1 aromatic carbocycles. The maximum atomic E-state index is 2.36. The van der Waals surface area contributed by atoms with E-state index in [2.05, 4.69) is 38.1 Å². The third-order valence-electron chi connectivity index (χ3n) is 2.85. The van der Waals surface area contributed by atoms with Crippen LogP contribution >= 0.6 is 0 Å². The Kier molecular flexibility index (Phi) is 2.22. The number of benzene rings is 1. The van der Waals surface area contributed by atoms with E-state index in [1.807, 2.05) is 0 Å². The van der Waals surface area contributed by atoms with Crippen LogP contribution in [0.2, 0.25) is 0 Å². The van der Waals surface area contributed by atoms with Crippen LogP contribution in [0.1, 0.15) is 37.0 Å². The Morgan fingerprint density at radius 3 is 2.85 bits per heavy atom. The smallest absolute Gasteiger partial charge is 0.0193 e. The number of allylic oxidation sites excluding steroid dienone is 1. The summed E-state index contributed by atoms with van der Waals surface area (Å²) in [6.45, 7) is 4.46. The molecule has 0 saturated heterocycles. The van der Waals surface area contributed by atoms with Crippen LogP contribution in [-0.4, -0.2) is 0 Å². The fraction of sp³-hybridized carbons (Fsp3) is 0.385. The van der Waals surface area contributed by atoms with Gasteiger partial charge in [-0.2, -0.15) is 0 Å². The minimum absolute atomic E-state index is 1.15. The molecule has 0 spiro atoms. The van der Waals surface area contributed by atoms with Crippen LogP contribution < -0.4 is 0 Å². The van der Waals surface area contributed by atoms with Crippen molar-refractivity contribution in [3.05, 3.63) is 40.5 Å². The second-order valence-electron chi connectivity index (χ2n) is 3.83. The highest BCUT2D eigenvalue weighted by molar-refractivity contribution is 5.62. The standard InChI is InChI=1S/C13H16/c1-3-11-5-4-6-12-8-7-10(2)9-13(11)12/h4-6,9H,3,7-8H2,1-2H3. The predicted octanol–water partition coefficient (Wildman–Crippen LogP) is 3.60. The molecule has 0 N–H and O–H groups in total. The highest BCUT2D eigenvalue weighted by atomic mass is 14.1. The van der Waals surface area contributed by atoms with E-state index in [-0.39, 0.29) is 0 Å². The predicted molar refractivity (Wildman–Crippen MR) is 57.8 cm³/mol. The quantitative estimate of drug-likeness (QED) is 0.607. The zero-order valence-corrected chi connectivity index (χ0v) is 8.43. The molecule has 0 fully saturated rings. The van der Waals surface area contributed by atoms with Gasteiger partial charge in [0.15, 0.2) is 0 Å². The van der Waals surface area contributed by atoms with Crippen LogP contribution in [0.4, 0.5) is 0 Å². The lowest BCUT2D eigenvalue weighted by atomic mass is 9.89. The van der Waals surface area contributed by atoms with Crippen molar-refractivity contribution >= 4 is 6.08 Å². The molecular formula is C13H16. The molecule has 0 heteroatoms. The van der Waals surface area contributed by atoms with Crippen molar-refractivity contribution in [3.8, 4) is 0 Å². The zero-order valence-electron chi connectivity index (χ0n) is 8.43. The highest BCUT2D eigenvalue weighted by Gasteiger charge is 2.09. The summed E-state index contributed by atoms with van der Waals surface area (Å²) in [5.41, 5.74) is 6.05. The Morgan fingerprint density at radius 2 is 2.08 bits per heavy atom. The molecule has 0 aliphatic heterocycles. The van der Waals surface area contributed by atoms with Gasteiger partial charge in [0, 0.05) is 0 Å². The van der Waals surface area contributed by atoms with Gasteiger partial charge in [-0.25, -0.2) is 0 Å². The van der Waals surface area contributed by atoms with E-state index in [0.29, 0.717) is 0 Å². The maximum Gasteiger partial charge on any atom is -0.0193 e. The van der Waals surface area contributed by atoms with E-state index in [1.165, 1.54) is 35.1 Å². The zero-order chi connectivity index (χ0) is 9.26. The number of hydrogen-bond donors (Lipinski definition) is 0. The lowest BCUT2D eigenvalue weighted by Gasteiger charge is -2.16. The van der Waals surface area contributed by atoms with E-state index < -0.39 is 0 Å². The first-order valence-electron chi connectivity index (χ1n) is 5.09. The Hall–Kier alpha value is -1.04. The topological polar surface area (TPSA) is 0 Å². The van der Waals surface area contributed by atoms with E-state index >= 15 is 0 Å². The molecule has 1 aliphatic rings. The molecule has 0 aromatic heterocycles. The third-order valence-corrected chi connectivity index (χ3v) is 2.85. The van der Waals surface area contributed by atoms with Crippen LogP contribution in [0.3, 0.4) is 0 Å². The largest absolute Gasteiger partial charge is 0.0724 e. The monoisotopic (exact) mass is 172 g/mol. The number of hydrogen-bond acceptors (Lipinski definition) is 0. The Morgan fingerprint density at radius 1 is 1.23 bits per heavy atom. The molecule has 0 saturated carbocycles. The number of aryl methyl sites for hydroxylation is 2. The SMILES string of the molecule is CCc1cccc2c1C=C(C)CC2. The van der Waals surface area contributed by atoms with Crippen molar-refractivity contribution in [2.45, 2.75) is 33.1 Å². The van der Waals surface area contributed by atoms with Gasteiger partial charge in [-0.05, 0) is 42.9 Å². The number of rotatable bonds is 1. The van der Waals surface area contributed by atoms with E-state index in [4.69, 9.17) is 0 Å². The van der Waals surface area contributed by atoms with Gasteiger partial charge < -0.3 is 0 Å². The lowest BCUT2D eigenvalue weighted by Crippen LogP contribution is -2.00. The number of fused-ring (bicyclic) bond motifs is 1. The summed E-state index contributed by atoms with van der Waals surface area (Å²) < 4.78 is 0. The van der Waals surface area contributed by atoms with Gasteiger partial charge in [0.2, 0.25) is 0 Å². The molecule has 13 heavy (non-hydrogen) atoms. The fourth-order valence-corrected chi connectivity index (χ4v) is 2.03. The van der Waals surface area contributed by atoms with Gasteiger partial charge >= 0.3 is 0 Å². The van der Waals surface area contributed by atoms with Crippen molar-refractivity contribution < 1.29 is 0 Å². The molecule has 2 rings (SSSR count). The summed E-state index contributed by atoms with van der Waals surface area (Å²) >= 11 is 0. The molecule has 0 radical (unpaired) electrons. The van der Waals surface area contributed by atoms with Crippen molar-refractivity contribution in [3.63, 3.8) is 0 Å². The summed E-state index contributed by atoms with van der Waals surface area (Å²) in [7, 11) is 0. The fourth-order valence-electron chi connectivity index (χ4n) is 2.03. The molecule has 0 bridgehead atoms. The highest BCUT2D eigenvalue weighted by Crippen LogP contribution is 2.26. The summed E-state index contributed by atoms with van der Waals surface area (Å²) in [6.07, 6.45) is 5.97. The van der Waals surface area contributed by atoms with Crippen molar-refractivity contribution in [2.75, 3.05) is 0 Å². The average molecular weight is 172 g/mol. The van der Waals surface area contributed by atoms with E-state index in [0.717, 1.165) is 6.42 Å². The first-order valence-corrected chi connectivity index (χ1v) is 5.09. The summed E-state index contributed by atoms with van der Waals surface area (Å²) in [5, 5.41) is 0. The second kappa shape index (κ2) is 3.37. The first kappa shape index (κ1) is 8.55. The van der Waals surface area contributed by atoms with Crippen LogP contribution in [0.25, 0.3) is 6.08 Å². The molecular weight excluding hydrogens is 156 g/mol. The minimum Gasteiger partial charge on any atom is -0.0724 e. The van der Waals surface area contributed by atoms with E-state index in [9.17, 15) is 0 Å². The Bertz CT molecular complexity index is 345. The van der Waals surface area contributed by atoms with E-state index in [1.54, 1.807) is 0 Å². The van der Waals surface area contributed by atoms with Crippen LogP contribution in [-0.2, 0) is 12.8 Å². The van der Waals surface area contributed by atoms with Gasteiger partial charge in [-0.15, -0.1) is 0 Å². The van der Waals surface area contributed by atoms with Crippen LogP contribution in [0, 0.1) is 0 Å². The van der Waals surface area contributed by atoms with Crippen molar-refractivity contribution in [1.82, 2.24) is 0 Å². The van der Waals surface area contributed by atoms with Crippen molar-refractivity contribution in [1.29, 1.82) is 0 Å². The molecule has 0 amide bonds. The van der Waals surface area contributed by atoms with Gasteiger partial charge in [0.1, 0.15) is 0 Å². The molecule has 0 nitrogen and oxygen atoms in total. The Labute approximate surface area is 80.3 Å². The molecule has 0 unspecified atom stereocenters. The van der Waals surface area contributed by atoms with Crippen molar-refractivity contribution in [2.24, 2.45) is 0 Å². The Balaban J connectivity index is 2.55. The molecule has 1 aromatic rings. The molecule has 0 atom stereocenters. The maximum absolute atomic E-state index is 2.36. The first-order chi connectivity index (χ1) is 6.31. The second-order valence-corrected chi connectivity index (χ2v) is 3.83. The molecule has 1 aliphatic carbocycles. The van der Waals surface area contributed by atoms with Crippen LogP contribution in [0.5, 0.6) is 0 Å².